The van der Waals surface area contributed by atoms with Gasteiger partial charge in [0.1, 0.15) is 0 Å². The Morgan fingerprint density at radius 2 is 1.56 bits per heavy atom. The summed E-state index contributed by atoms with van der Waals surface area (Å²) in [7, 11) is 0. The first-order valence-electron chi connectivity index (χ1n) is 11.8. The van der Waals surface area contributed by atoms with Crippen molar-refractivity contribution in [2.24, 2.45) is 5.92 Å². The van der Waals surface area contributed by atoms with Gasteiger partial charge < -0.3 is 9.80 Å². The lowest BCUT2D eigenvalue weighted by atomic mass is 9.88. The number of rotatable bonds is 4. The molecule has 166 valence electrons. The van der Waals surface area contributed by atoms with Crippen LogP contribution < -0.4 is 10.5 Å². The number of para-hydroxylation sites is 2. The molecule has 0 unspecified atom stereocenters. The summed E-state index contributed by atoms with van der Waals surface area (Å²) in [6, 6.07) is 17.9. The zero-order valence-electron chi connectivity index (χ0n) is 18.4. The van der Waals surface area contributed by atoms with Gasteiger partial charge in [-0.05, 0) is 30.5 Å². The number of nitrogens with zero attached hydrogens (tertiary/aromatic N) is 4. The molecule has 6 nitrogen and oxygen atoms in total. The van der Waals surface area contributed by atoms with Crippen LogP contribution in [0.3, 0.4) is 0 Å². The molecule has 1 saturated heterocycles. The Balaban J connectivity index is 1.39. The van der Waals surface area contributed by atoms with Gasteiger partial charge in [0.25, 0.3) is 5.56 Å². The van der Waals surface area contributed by atoms with Gasteiger partial charge in [-0.15, -0.1) is 0 Å². The zero-order valence-corrected chi connectivity index (χ0v) is 18.4. The Hall–Kier alpha value is -3.15. The highest BCUT2D eigenvalue weighted by Crippen LogP contribution is 2.26. The van der Waals surface area contributed by atoms with Crippen LogP contribution in [0.25, 0.3) is 11.0 Å². The molecule has 32 heavy (non-hydrogen) atoms. The maximum atomic E-state index is 13.5. The third-order valence-corrected chi connectivity index (χ3v) is 6.86. The highest BCUT2D eigenvalue weighted by Gasteiger charge is 2.29. The van der Waals surface area contributed by atoms with Crippen LogP contribution in [0.4, 0.5) is 5.82 Å². The quantitative estimate of drug-likeness (QED) is 0.634. The standard InChI is InChI=1S/C26H30N4O2/c31-25(21-11-5-2-6-12-21)29-17-15-28(16-18-29)24-26(32)30(19-20-9-3-1-4-10-20)23-14-8-7-13-22(23)27-24/h1,3-4,7-10,13-14,21H,2,5-6,11-12,15-19H2. The minimum atomic E-state index is -0.0698. The van der Waals surface area contributed by atoms with E-state index in [0.717, 1.165) is 29.4 Å². The van der Waals surface area contributed by atoms with E-state index in [1.165, 1.54) is 19.3 Å². The first-order valence-corrected chi connectivity index (χ1v) is 11.8. The van der Waals surface area contributed by atoms with Gasteiger partial charge >= 0.3 is 0 Å². The van der Waals surface area contributed by atoms with Gasteiger partial charge in [-0.25, -0.2) is 4.98 Å². The molecule has 0 bridgehead atoms. The summed E-state index contributed by atoms with van der Waals surface area (Å²) in [4.78, 5) is 35.3. The van der Waals surface area contributed by atoms with E-state index in [9.17, 15) is 9.59 Å². The topological polar surface area (TPSA) is 58.4 Å². The largest absolute Gasteiger partial charge is 0.348 e. The first-order chi connectivity index (χ1) is 15.7. The molecular weight excluding hydrogens is 400 g/mol. The highest BCUT2D eigenvalue weighted by molar-refractivity contribution is 5.79. The van der Waals surface area contributed by atoms with Gasteiger partial charge in [0.15, 0.2) is 5.82 Å². The van der Waals surface area contributed by atoms with Crippen LogP contribution in [-0.4, -0.2) is 46.5 Å². The van der Waals surface area contributed by atoms with Gasteiger partial charge in [-0.3, -0.25) is 14.2 Å². The lowest BCUT2D eigenvalue weighted by molar-refractivity contribution is -0.136. The number of fused-ring (bicyclic) bond motifs is 1. The summed E-state index contributed by atoms with van der Waals surface area (Å²) >= 11 is 0. The number of carbonyl (C=O) groups excluding carboxylic acids is 1. The molecule has 0 atom stereocenters. The van der Waals surface area contributed by atoms with E-state index in [2.05, 4.69) is 4.90 Å². The van der Waals surface area contributed by atoms with Crippen molar-refractivity contribution in [1.29, 1.82) is 0 Å². The van der Waals surface area contributed by atoms with Gasteiger partial charge in [-0.1, -0.05) is 61.7 Å². The number of amides is 1. The third-order valence-electron chi connectivity index (χ3n) is 6.86. The molecule has 2 heterocycles. The van der Waals surface area contributed by atoms with E-state index in [4.69, 9.17) is 4.98 Å². The summed E-state index contributed by atoms with van der Waals surface area (Å²) in [6.45, 7) is 3.11. The number of anilines is 1. The maximum absolute atomic E-state index is 13.5. The third kappa shape index (κ3) is 4.14. The molecule has 2 aromatic carbocycles. The number of hydrogen-bond donors (Lipinski definition) is 0. The Kier molecular flexibility index (Phi) is 5.93. The first kappa shape index (κ1) is 20.7. The monoisotopic (exact) mass is 430 g/mol. The van der Waals surface area contributed by atoms with Crippen LogP contribution in [0.15, 0.2) is 59.4 Å². The van der Waals surface area contributed by atoms with Crippen LogP contribution in [-0.2, 0) is 11.3 Å². The SMILES string of the molecule is O=C(C1CCCCC1)N1CCN(c2nc3ccccc3n(Cc3ccccc3)c2=O)CC1. The Morgan fingerprint density at radius 1 is 0.875 bits per heavy atom. The molecule has 3 aromatic rings. The van der Waals surface area contributed by atoms with Crippen molar-refractivity contribution < 1.29 is 4.79 Å². The zero-order chi connectivity index (χ0) is 21.9. The van der Waals surface area contributed by atoms with Crippen molar-refractivity contribution in [3.05, 3.63) is 70.5 Å². The van der Waals surface area contributed by atoms with Crippen molar-refractivity contribution in [1.82, 2.24) is 14.5 Å². The van der Waals surface area contributed by atoms with Crippen LogP contribution in [0, 0.1) is 5.92 Å². The van der Waals surface area contributed by atoms with Crippen LogP contribution >= 0.6 is 0 Å². The summed E-state index contributed by atoms with van der Waals surface area (Å²) < 4.78 is 1.83. The molecule has 1 amide bonds. The van der Waals surface area contributed by atoms with E-state index in [1.54, 1.807) is 0 Å². The maximum Gasteiger partial charge on any atom is 0.294 e. The van der Waals surface area contributed by atoms with E-state index >= 15 is 0 Å². The molecule has 0 spiro atoms. The number of carbonyl (C=O) groups is 1. The fourth-order valence-electron chi connectivity index (χ4n) is 5.05. The highest BCUT2D eigenvalue weighted by atomic mass is 16.2. The smallest absolute Gasteiger partial charge is 0.294 e. The van der Waals surface area contributed by atoms with E-state index in [-0.39, 0.29) is 11.5 Å². The number of benzene rings is 2. The Labute approximate surface area is 188 Å². The van der Waals surface area contributed by atoms with E-state index in [1.807, 2.05) is 64.1 Å². The molecule has 0 N–H and O–H groups in total. The van der Waals surface area contributed by atoms with Crippen molar-refractivity contribution >= 4 is 22.8 Å². The molecule has 2 aliphatic rings. The van der Waals surface area contributed by atoms with Crippen LogP contribution in [0.1, 0.15) is 37.7 Å². The summed E-state index contributed by atoms with van der Waals surface area (Å²) in [5, 5.41) is 0. The lowest BCUT2D eigenvalue weighted by Gasteiger charge is -2.37. The van der Waals surface area contributed by atoms with Crippen LogP contribution in [0.2, 0.25) is 0 Å². The Morgan fingerprint density at radius 3 is 2.31 bits per heavy atom. The molecule has 6 heteroatoms. The van der Waals surface area contributed by atoms with Crippen molar-refractivity contribution in [2.45, 2.75) is 38.6 Å². The average Bonchev–Trinajstić information content (AvgIpc) is 2.86. The number of hydrogen-bond acceptors (Lipinski definition) is 4. The van der Waals surface area contributed by atoms with Crippen molar-refractivity contribution in [2.75, 3.05) is 31.1 Å². The molecule has 1 aliphatic carbocycles. The lowest BCUT2D eigenvalue weighted by Crippen LogP contribution is -2.52. The second-order valence-corrected chi connectivity index (χ2v) is 8.95. The molecule has 1 saturated carbocycles. The summed E-state index contributed by atoms with van der Waals surface area (Å²) in [5.74, 6) is 0.985. The normalized spacial score (nSPS) is 17.6. The van der Waals surface area contributed by atoms with Crippen molar-refractivity contribution in [3.63, 3.8) is 0 Å². The van der Waals surface area contributed by atoms with E-state index in [0.29, 0.717) is 44.4 Å². The van der Waals surface area contributed by atoms with Gasteiger partial charge in [-0.2, -0.15) is 0 Å². The second kappa shape index (κ2) is 9.15. The predicted molar refractivity (Wildman–Crippen MR) is 127 cm³/mol. The fourth-order valence-corrected chi connectivity index (χ4v) is 5.05. The minimum Gasteiger partial charge on any atom is -0.348 e. The molecule has 5 rings (SSSR count). The number of aromatic nitrogens is 2. The summed E-state index contributed by atoms with van der Waals surface area (Å²) in [5.41, 5.74) is 2.68. The molecule has 0 radical (unpaired) electrons. The fraction of sp³-hybridized carbons (Fsp3) is 0.423. The number of piperazine rings is 1. The van der Waals surface area contributed by atoms with Gasteiger partial charge in [0.2, 0.25) is 5.91 Å². The molecular formula is C26H30N4O2. The molecule has 2 fully saturated rings. The average molecular weight is 431 g/mol. The predicted octanol–water partition coefficient (Wildman–Crippen LogP) is 3.67. The van der Waals surface area contributed by atoms with Gasteiger partial charge in [0.05, 0.1) is 17.6 Å². The molecule has 1 aromatic heterocycles. The van der Waals surface area contributed by atoms with Crippen LogP contribution in [0.5, 0.6) is 0 Å². The van der Waals surface area contributed by atoms with E-state index < -0.39 is 0 Å². The van der Waals surface area contributed by atoms with Gasteiger partial charge in [0, 0.05) is 32.1 Å². The summed E-state index contributed by atoms with van der Waals surface area (Å²) in [6.07, 6.45) is 5.63. The second-order valence-electron chi connectivity index (χ2n) is 8.95. The molecule has 1 aliphatic heterocycles. The van der Waals surface area contributed by atoms with Crippen molar-refractivity contribution in [3.8, 4) is 0 Å². The minimum absolute atomic E-state index is 0.0698. The Bertz CT molecular complexity index is 1140.